The SMILES string of the molecule is COc1cccc2c1OC(C)C(C=C1SC(N3CCCC(C)C3)=NC1=O)=C2. The van der Waals surface area contributed by atoms with Gasteiger partial charge in [-0.2, -0.15) is 4.99 Å². The molecule has 2 atom stereocenters. The predicted molar refractivity (Wildman–Crippen MR) is 109 cm³/mol. The van der Waals surface area contributed by atoms with Gasteiger partial charge in [0.05, 0.1) is 12.0 Å². The molecule has 3 aliphatic heterocycles. The molecule has 0 spiro atoms. The Hall–Kier alpha value is -2.21. The Labute approximate surface area is 164 Å². The Balaban J connectivity index is 1.57. The predicted octanol–water partition coefficient (Wildman–Crippen LogP) is 4.10. The molecule has 5 nitrogen and oxygen atoms in total. The highest BCUT2D eigenvalue weighted by Crippen LogP contribution is 2.39. The summed E-state index contributed by atoms with van der Waals surface area (Å²) in [5, 5.41) is 0.838. The van der Waals surface area contributed by atoms with Crippen molar-refractivity contribution in [2.75, 3.05) is 20.2 Å². The summed E-state index contributed by atoms with van der Waals surface area (Å²) in [6.45, 7) is 6.19. The Kier molecular flexibility index (Phi) is 5.00. The minimum absolute atomic E-state index is 0.155. The molecule has 1 fully saturated rings. The summed E-state index contributed by atoms with van der Waals surface area (Å²) < 4.78 is 11.4. The molecule has 0 saturated carbocycles. The molecule has 0 radical (unpaired) electrons. The molecule has 1 aromatic carbocycles. The Morgan fingerprint density at radius 3 is 3.00 bits per heavy atom. The van der Waals surface area contributed by atoms with Crippen LogP contribution in [0.3, 0.4) is 0 Å². The van der Waals surface area contributed by atoms with E-state index in [1.165, 1.54) is 18.2 Å². The molecule has 6 heteroatoms. The topological polar surface area (TPSA) is 51.1 Å². The maximum absolute atomic E-state index is 12.4. The minimum Gasteiger partial charge on any atom is -0.493 e. The van der Waals surface area contributed by atoms with Crippen LogP contribution < -0.4 is 9.47 Å². The third-order valence-corrected chi connectivity index (χ3v) is 6.19. The van der Waals surface area contributed by atoms with E-state index in [1.807, 2.05) is 31.2 Å². The van der Waals surface area contributed by atoms with Crippen molar-refractivity contribution in [2.45, 2.75) is 32.8 Å². The number of ether oxygens (including phenoxy) is 2. The Morgan fingerprint density at radius 1 is 1.37 bits per heavy atom. The van der Waals surface area contributed by atoms with E-state index >= 15 is 0 Å². The second-order valence-electron chi connectivity index (χ2n) is 7.29. The molecular formula is C21H24N2O3S. The van der Waals surface area contributed by atoms with Gasteiger partial charge in [-0.05, 0) is 61.2 Å². The van der Waals surface area contributed by atoms with Gasteiger partial charge in [0.1, 0.15) is 6.10 Å². The van der Waals surface area contributed by atoms with Gasteiger partial charge in [0.2, 0.25) is 0 Å². The first-order valence-electron chi connectivity index (χ1n) is 9.38. The summed E-state index contributed by atoms with van der Waals surface area (Å²) >= 11 is 1.48. The second-order valence-corrected chi connectivity index (χ2v) is 8.30. The third-order valence-electron chi connectivity index (χ3n) is 5.15. The van der Waals surface area contributed by atoms with Crippen LogP contribution in [0.25, 0.3) is 6.08 Å². The second kappa shape index (κ2) is 7.43. The lowest BCUT2D eigenvalue weighted by molar-refractivity contribution is -0.113. The summed E-state index contributed by atoms with van der Waals surface area (Å²) in [6, 6.07) is 5.81. The van der Waals surface area contributed by atoms with E-state index < -0.39 is 0 Å². The summed E-state index contributed by atoms with van der Waals surface area (Å²) in [5.41, 5.74) is 1.93. The highest BCUT2D eigenvalue weighted by atomic mass is 32.2. The minimum atomic E-state index is -0.159. The molecule has 0 aromatic heterocycles. The Bertz CT molecular complexity index is 859. The zero-order valence-corrected chi connectivity index (χ0v) is 16.7. The number of carbonyl (C=O) groups excluding carboxylic acids is 1. The molecule has 3 aliphatic rings. The molecule has 4 rings (SSSR count). The average molecular weight is 385 g/mol. The summed E-state index contributed by atoms with van der Waals surface area (Å²) in [6.07, 6.45) is 6.23. The number of aliphatic imine (C=N–C) groups is 1. The standard InChI is InChI=1S/C21H24N2O3S/c1-13-6-5-9-23(12-13)21-22-20(24)18(27-21)11-16-10-15-7-4-8-17(25-3)19(15)26-14(16)2/h4,7-8,10-11,13-14H,5-6,9,12H2,1-3H3. The first kappa shape index (κ1) is 18.2. The molecule has 0 N–H and O–H groups in total. The van der Waals surface area contributed by atoms with Crippen molar-refractivity contribution < 1.29 is 14.3 Å². The monoisotopic (exact) mass is 384 g/mol. The lowest BCUT2D eigenvalue weighted by Crippen LogP contribution is -2.37. The first-order valence-corrected chi connectivity index (χ1v) is 10.2. The molecule has 142 valence electrons. The van der Waals surface area contributed by atoms with Crippen molar-refractivity contribution in [1.29, 1.82) is 0 Å². The maximum atomic E-state index is 12.4. The summed E-state index contributed by atoms with van der Waals surface area (Å²) in [4.78, 5) is 19.7. The van der Waals surface area contributed by atoms with Gasteiger partial charge in [-0.1, -0.05) is 19.1 Å². The summed E-state index contributed by atoms with van der Waals surface area (Å²) in [7, 11) is 1.64. The Morgan fingerprint density at radius 2 is 2.22 bits per heavy atom. The van der Waals surface area contributed by atoms with E-state index in [0.717, 1.165) is 47.3 Å². The number of fused-ring (bicyclic) bond motifs is 1. The molecule has 0 bridgehead atoms. The number of nitrogens with zero attached hydrogens (tertiary/aromatic N) is 2. The fourth-order valence-corrected chi connectivity index (χ4v) is 4.63. The number of thioether (sulfide) groups is 1. The van der Waals surface area contributed by atoms with Crippen LogP contribution in [0.15, 0.2) is 39.7 Å². The third kappa shape index (κ3) is 3.63. The van der Waals surface area contributed by atoms with Gasteiger partial charge in [0.15, 0.2) is 16.7 Å². The van der Waals surface area contributed by atoms with E-state index in [-0.39, 0.29) is 12.0 Å². The number of amides is 1. The highest BCUT2D eigenvalue weighted by molar-refractivity contribution is 8.18. The van der Waals surface area contributed by atoms with Gasteiger partial charge in [0, 0.05) is 18.7 Å². The maximum Gasteiger partial charge on any atom is 0.286 e. The van der Waals surface area contributed by atoms with E-state index in [4.69, 9.17) is 9.47 Å². The van der Waals surface area contributed by atoms with Crippen LogP contribution in [-0.2, 0) is 4.79 Å². The number of carbonyl (C=O) groups is 1. The van der Waals surface area contributed by atoms with Crippen molar-refractivity contribution in [3.05, 3.63) is 40.3 Å². The number of para-hydroxylation sites is 1. The number of amidine groups is 1. The van der Waals surface area contributed by atoms with E-state index in [1.54, 1.807) is 7.11 Å². The van der Waals surface area contributed by atoms with E-state index in [9.17, 15) is 4.79 Å². The molecule has 1 aromatic rings. The van der Waals surface area contributed by atoms with Crippen LogP contribution in [0, 0.1) is 5.92 Å². The molecule has 3 heterocycles. The number of likely N-dealkylation sites (tertiary alicyclic amines) is 1. The largest absolute Gasteiger partial charge is 0.493 e. The van der Waals surface area contributed by atoms with Crippen LogP contribution in [0.1, 0.15) is 32.3 Å². The number of methoxy groups -OCH3 is 1. The quantitative estimate of drug-likeness (QED) is 0.719. The van der Waals surface area contributed by atoms with Gasteiger partial charge in [-0.15, -0.1) is 0 Å². The van der Waals surface area contributed by atoms with E-state index in [0.29, 0.717) is 10.8 Å². The molecule has 2 unspecified atom stereocenters. The smallest absolute Gasteiger partial charge is 0.286 e. The zero-order valence-electron chi connectivity index (χ0n) is 15.9. The molecule has 1 saturated heterocycles. The number of rotatable bonds is 2. The lowest BCUT2D eigenvalue weighted by atomic mass is 10.0. The molecule has 0 aliphatic carbocycles. The normalized spacial score (nSPS) is 26.4. The number of hydrogen-bond donors (Lipinski definition) is 0. The number of benzene rings is 1. The van der Waals surface area contributed by atoms with Crippen molar-refractivity contribution >= 4 is 28.9 Å². The fraction of sp³-hybridized carbons (Fsp3) is 0.429. The molecule has 27 heavy (non-hydrogen) atoms. The van der Waals surface area contributed by atoms with Gasteiger partial charge in [-0.3, -0.25) is 4.79 Å². The van der Waals surface area contributed by atoms with E-state index in [2.05, 4.69) is 22.9 Å². The number of hydrogen-bond acceptors (Lipinski definition) is 5. The van der Waals surface area contributed by atoms with Crippen molar-refractivity contribution in [2.24, 2.45) is 10.9 Å². The van der Waals surface area contributed by atoms with Gasteiger partial charge in [-0.25, -0.2) is 0 Å². The van der Waals surface area contributed by atoms with Gasteiger partial charge >= 0.3 is 0 Å². The van der Waals surface area contributed by atoms with Crippen molar-refractivity contribution in [3.8, 4) is 11.5 Å². The van der Waals surface area contributed by atoms with Crippen molar-refractivity contribution in [1.82, 2.24) is 4.90 Å². The number of piperidine rings is 1. The van der Waals surface area contributed by atoms with Crippen LogP contribution in [0.4, 0.5) is 0 Å². The summed E-state index contributed by atoms with van der Waals surface area (Å²) in [5.74, 6) is 1.96. The van der Waals surface area contributed by atoms with Crippen molar-refractivity contribution in [3.63, 3.8) is 0 Å². The van der Waals surface area contributed by atoms with Crippen LogP contribution in [0.2, 0.25) is 0 Å². The first-order chi connectivity index (χ1) is 13.0. The van der Waals surface area contributed by atoms with Gasteiger partial charge < -0.3 is 14.4 Å². The fourth-order valence-electron chi connectivity index (χ4n) is 3.68. The van der Waals surface area contributed by atoms with Gasteiger partial charge in [0.25, 0.3) is 5.91 Å². The molecule has 1 amide bonds. The average Bonchev–Trinajstić information content (AvgIpc) is 3.02. The van der Waals surface area contributed by atoms with Crippen LogP contribution in [0.5, 0.6) is 11.5 Å². The highest BCUT2D eigenvalue weighted by Gasteiger charge is 2.30. The zero-order chi connectivity index (χ0) is 19.0. The van der Waals surface area contributed by atoms with Crippen LogP contribution in [-0.4, -0.2) is 42.3 Å². The molecular weight excluding hydrogens is 360 g/mol. The van der Waals surface area contributed by atoms with Crippen LogP contribution >= 0.6 is 11.8 Å². The lowest BCUT2D eigenvalue weighted by Gasteiger charge is -2.31.